The molecule has 26 heavy (non-hydrogen) atoms. The zero-order valence-electron chi connectivity index (χ0n) is 15.6. The molecular formula is C20H23ClN4S. The molecule has 1 aliphatic rings. The van der Waals surface area contributed by atoms with Crippen molar-refractivity contribution in [1.29, 1.82) is 0 Å². The Morgan fingerprint density at radius 3 is 2.50 bits per heavy atom. The molecule has 136 valence electrons. The van der Waals surface area contributed by atoms with E-state index < -0.39 is 0 Å². The SMILES string of the molecule is C=N/N=C1/[C@H](CC)N=C(c2ccc(Cl)cc2)c2c(sc(C)c2C)N1CC. The summed E-state index contributed by atoms with van der Waals surface area (Å²) in [7, 11) is 0. The van der Waals surface area contributed by atoms with E-state index in [1.807, 2.05) is 24.3 Å². The lowest BCUT2D eigenvalue weighted by Gasteiger charge is -2.24. The number of rotatable bonds is 4. The molecule has 0 N–H and O–H groups in total. The maximum absolute atomic E-state index is 6.10. The molecule has 0 fully saturated rings. The minimum atomic E-state index is -0.0644. The molecule has 1 aromatic carbocycles. The maximum Gasteiger partial charge on any atom is 0.157 e. The van der Waals surface area contributed by atoms with Crippen LogP contribution in [0.2, 0.25) is 5.02 Å². The molecule has 1 atom stereocenters. The molecule has 0 saturated carbocycles. The lowest BCUT2D eigenvalue weighted by molar-refractivity contribution is 0.797. The molecule has 0 aliphatic carbocycles. The van der Waals surface area contributed by atoms with Gasteiger partial charge in [0.1, 0.15) is 11.0 Å². The number of benzene rings is 1. The predicted molar refractivity (Wildman–Crippen MR) is 115 cm³/mol. The van der Waals surface area contributed by atoms with Gasteiger partial charge in [0, 0.05) is 34.3 Å². The Kier molecular flexibility index (Phi) is 5.58. The van der Waals surface area contributed by atoms with Crippen LogP contribution in [0.4, 0.5) is 5.00 Å². The highest BCUT2D eigenvalue weighted by atomic mass is 35.5. The van der Waals surface area contributed by atoms with Crippen molar-refractivity contribution in [1.82, 2.24) is 0 Å². The zero-order chi connectivity index (χ0) is 18.8. The Morgan fingerprint density at radius 2 is 1.92 bits per heavy atom. The number of anilines is 1. The maximum atomic E-state index is 6.10. The van der Waals surface area contributed by atoms with Crippen molar-refractivity contribution >= 4 is 46.2 Å². The summed E-state index contributed by atoms with van der Waals surface area (Å²) in [6, 6.07) is 7.84. The Balaban J connectivity index is 2.32. The van der Waals surface area contributed by atoms with Gasteiger partial charge in [0.2, 0.25) is 0 Å². The van der Waals surface area contributed by atoms with E-state index >= 15 is 0 Å². The number of aliphatic imine (C=N–C) groups is 1. The molecule has 3 rings (SSSR count). The van der Waals surface area contributed by atoms with Crippen LogP contribution in [0.25, 0.3) is 0 Å². The highest BCUT2D eigenvalue weighted by molar-refractivity contribution is 7.17. The van der Waals surface area contributed by atoms with Gasteiger partial charge in [-0.1, -0.05) is 30.7 Å². The average Bonchev–Trinajstić information content (AvgIpc) is 2.85. The van der Waals surface area contributed by atoms with Gasteiger partial charge in [-0.15, -0.1) is 16.4 Å². The first-order chi connectivity index (χ1) is 12.5. The standard InChI is InChI=1S/C20H23ClN4S/c1-6-16-19(24-22-5)25(7-2)20-17(12(3)13(4)26-20)18(23-16)14-8-10-15(21)11-9-14/h8-11,16H,5-7H2,1-4H3/b24-19-/t16-/m0/s1. The van der Waals surface area contributed by atoms with E-state index in [2.05, 4.69) is 49.5 Å². The number of likely N-dealkylation sites (N-methyl/N-ethyl adjacent to an activating group) is 1. The number of nitrogens with zero attached hydrogens (tertiary/aromatic N) is 4. The molecule has 2 heterocycles. The molecule has 0 saturated heterocycles. The van der Waals surface area contributed by atoms with Crippen LogP contribution in [0.15, 0.2) is 39.5 Å². The smallest absolute Gasteiger partial charge is 0.157 e. The molecule has 4 nitrogen and oxygen atoms in total. The highest BCUT2D eigenvalue weighted by Crippen LogP contribution is 2.40. The van der Waals surface area contributed by atoms with Crippen molar-refractivity contribution in [3.8, 4) is 0 Å². The largest absolute Gasteiger partial charge is 0.318 e. The lowest BCUT2D eigenvalue weighted by Crippen LogP contribution is -2.37. The van der Waals surface area contributed by atoms with Gasteiger partial charge in [0.05, 0.1) is 5.71 Å². The predicted octanol–water partition coefficient (Wildman–Crippen LogP) is 5.49. The van der Waals surface area contributed by atoms with Crippen molar-refractivity contribution < 1.29 is 0 Å². The monoisotopic (exact) mass is 386 g/mol. The van der Waals surface area contributed by atoms with E-state index in [0.29, 0.717) is 0 Å². The number of halogens is 1. The first-order valence-electron chi connectivity index (χ1n) is 8.76. The fraction of sp³-hybridized carbons (Fsp3) is 0.350. The molecular weight excluding hydrogens is 364 g/mol. The van der Waals surface area contributed by atoms with Gasteiger partial charge in [-0.25, -0.2) is 0 Å². The minimum absolute atomic E-state index is 0.0644. The van der Waals surface area contributed by atoms with E-state index in [4.69, 9.17) is 16.6 Å². The second-order valence-corrected chi connectivity index (χ2v) is 7.86. The van der Waals surface area contributed by atoms with Gasteiger partial charge in [-0.05, 0) is 44.9 Å². The van der Waals surface area contributed by atoms with E-state index in [9.17, 15) is 0 Å². The van der Waals surface area contributed by atoms with Crippen LogP contribution in [-0.2, 0) is 0 Å². The Labute approximate surface area is 163 Å². The van der Waals surface area contributed by atoms with E-state index in [-0.39, 0.29) is 6.04 Å². The van der Waals surface area contributed by atoms with Crippen LogP contribution < -0.4 is 4.90 Å². The van der Waals surface area contributed by atoms with Gasteiger partial charge in [0.15, 0.2) is 5.84 Å². The Hall–Kier alpha value is -1.98. The van der Waals surface area contributed by atoms with Crippen LogP contribution in [0.3, 0.4) is 0 Å². The summed E-state index contributed by atoms with van der Waals surface area (Å²) < 4.78 is 0. The van der Waals surface area contributed by atoms with Crippen molar-refractivity contribution in [3.05, 3.63) is 50.9 Å². The summed E-state index contributed by atoms with van der Waals surface area (Å²) in [5, 5.41) is 10.1. The third-order valence-corrected chi connectivity index (χ3v) is 6.18. The zero-order valence-corrected chi connectivity index (χ0v) is 17.2. The van der Waals surface area contributed by atoms with Gasteiger partial charge in [-0.3, -0.25) is 4.99 Å². The summed E-state index contributed by atoms with van der Waals surface area (Å²) in [6.07, 6.45) is 0.842. The lowest BCUT2D eigenvalue weighted by atomic mass is 10.00. The molecule has 0 radical (unpaired) electrons. The molecule has 2 aromatic rings. The van der Waals surface area contributed by atoms with Gasteiger partial charge >= 0.3 is 0 Å². The van der Waals surface area contributed by atoms with Gasteiger partial charge in [0.25, 0.3) is 0 Å². The van der Waals surface area contributed by atoms with Crippen molar-refractivity contribution in [2.45, 2.75) is 40.2 Å². The van der Waals surface area contributed by atoms with Crippen molar-refractivity contribution in [2.75, 3.05) is 11.4 Å². The van der Waals surface area contributed by atoms with Crippen LogP contribution in [0.5, 0.6) is 0 Å². The molecule has 1 aromatic heterocycles. The van der Waals surface area contributed by atoms with Crippen LogP contribution >= 0.6 is 22.9 Å². The summed E-state index contributed by atoms with van der Waals surface area (Å²) >= 11 is 7.88. The number of aryl methyl sites for hydroxylation is 1. The Bertz CT molecular complexity index is 880. The fourth-order valence-electron chi connectivity index (χ4n) is 3.24. The van der Waals surface area contributed by atoms with Crippen LogP contribution in [-0.4, -0.2) is 30.9 Å². The fourth-order valence-corrected chi connectivity index (χ4v) is 4.60. The van der Waals surface area contributed by atoms with Crippen LogP contribution in [0.1, 0.15) is 41.8 Å². The summed E-state index contributed by atoms with van der Waals surface area (Å²) in [5.74, 6) is 0.858. The number of amidine groups is 1. The van der Waals surface area contributed by atoms with Gasteiger partial charge in [-0.2, -0.15) is 5.10 Å². The van der Waals surface area contributed by atoms with Crippen molar-refractivity contribution in [3.63, 3.8) is 0 Å². The summed E-state index contributed by atoms with van der Waals surface area (Å²) in [6.45, 7) is 12.9. The Morgan fingerprint density at radius 1 is 1.23 bits per heavy atom. The molecule has 0 spiro atoms. The molecule has 0 unspecified atom stereocenters. The number of fused-ring (bicyclic) bond motifs is 1. The summed E-state index contributed by atoms with van der Waals surface area (Å²) in [4.78, 5) is 8.65. The first-order valence-corrected chi connectivity index (χ1v) is 9.96. The third-order valence-electron chi connectivity index (χ3n) is 4.70. The van der Waals surface area contributed by atoms with E-state index in [1.165, 1.54) is 21.0 Å². The second kappa shape index (κ2) is 7.72. The van der Waals surface area contributed by atoms with E-state index in [0.717, 1.165) is 35.1 Å². The molecule has 0 amide bonds. The average molecular weight is 387 g/mol. The minimum Gasteiger partial charge on any atom is -0.318 e. The first kappa shape index (κ1) is 18.8. The third kappa shape index (κ3) is 3.21. The molecule has 1 aliphatic heterocycles. The van der Waals surface area contributed by atoms with Gasteiger partial charge < -0.3 is 4.90 Å². The molecule has 6 heteroatoms. The number of thiophene rings is 1. The van der Waals surface area contributed by atoms with Crippen LogP contribution in [0, 0.1) is 13.8 Å². The molecule has 0 bridgehead atoms. The topological polar surface area (TPSA) is 40.3 Å². The number of hydrogen-bond donors (Lipinski definition) is 0. The summed E-state index contributed by atoms with van der Waals surface area (Å²) in [5.41, 5.74) is 4.51. The quantitative estimate of drug-likeness (QED) is 0.506. The second-order valence-electron chi connectivity index (χ2n) is 6.22. The number of hydrogen-bond acceptors (Lipinski definition) is 4. The van der Waals surface area contributed by atoms with Crippen molar-refractivity contribution in [2.24, 2.45) is 15.2 Å². The highest BCUT2D eigenvalue weighted by Gasteiger charge is 2.32. The van der Waals surface area contributed by atoms with E-state index in [1.54, 1.807) is 11.3 Å². The normalized spacial score (nSPS) is 18.5.